The van der Waals surface area contributed by atoms with Crippen LogP contribution >= 0.6 is 0 Å². The molecule has 4 aromatic rings. The molecular formula is C29H28N2O4. The molecule has 0 spiro atoms. The number of rotatable bonds is 10. The maximum absolute atomic E-state index is 12.4. The van der Waals surface area contributed by atoms with Gasteiger partial charge < -0.3 is 9.72 Å². The van der Waals surface area contributed by atoms with Crippen molar-refractivity contribution in [2.45, 2.75) is 39.7 Å². The summed E-state index contributed by atoms with van der Waals surface area (Å²) >= 11 is 0. The van der Waals surface area contributed by atoms with Gasteiger partial charge in [-0.3, -0.25) is 14.4 Å². The van der Waals surface area contributed by atoms with Gasteiger partial charge in [-0.05, 0) is 34.7 Å². The van der Waals surface area contributed by atoms with Gasteiger partial charge in [0.1, 0.15) is 12.3 Å². The van der Waals surface area contributed by atoms with Crippen LogP contribution in [0.3, 0.4) is 0 Å². The zero-order chi connectivity index (χ0) is 24.8. The molecule has 0 radical (unpaired) electrons. The summed E-state index contributed by atoms with van der Waals surface area (Å²) in [6.07, 6.45) is 4.38. The SMILES string of the molecule is CCC(C)C(=O)C(=O)Cc1cccc(-c2c[nH]c3ncc(CC(=O)OCc4ccccc4)cc23)c1. The van der Waals surface area contributed by atoms with Gasteiger partial charge in [0.2, 0.25) is 11.6 Å². The van der Waals surface area contributed by atoms with Crippen LogP contribution in [0.2, 0.25) is 0 Å². The number of H-pyrrole nitrogens is 1. The number of fused-ring (bicyclic) bond motifs is 1. The molecule has 0 aliphatic carbocycles. The van der Waals surface area contributed by atoms with E-state index < -0.39 is 0 Å². The van der Waals surface area contributed by atoms with Gasteiger partial charge in [0, 0.05) is 35.7 Å². The van der Waals surface area contributed by atoms with Gasteiger partial charge in [-0.2, -0.15) is 0 Å². The van der Waals surface area contributed by atoms with Gasteiger partial charge in [-0.25, -0.2) is 4.98 Å². The second-order valence-corrected chi connectivity index (χ2v) is 8.74. The number of ether oxygens (including phenoxy) is 1. The van der Waals surface area contributed by atoms with E-state index in [1.165, 1.54) is 0 Å². The van der Waals surface area contributed by atoms with Crippen LogP contribution in [0.15, 0.2) is 73.1 Å². The zero-order valence-corrected chi connectivity index (χ0v) is 19.9. The molecular weight excluding hydrogens is 440 g/mol. The minimum atomic E-state index is -0.367. The summed E-state index contributed by atoms with van der Waals surface area (Å²) in [4.78, 5) is 44.6. The Morgan fingerprint density at radius 2 is 1.71 bits per heavy atom. The molecule has 1 unspecified atom stereocenters. The third-order valence-corrected chi connectivity index (χ3v) is 6.12. The molecule has 2 aromatic heterocycles. The van der Waals surface area contributed by atoms with Crippen molar-refractivity contribution in [3.05, 3.63) is 89.7 Å². The van der Waals surface area contributed by atoms with Gasteiger partial charge in [-0.15, -0.1) is 0 Å². The zero-order valence-electron chi connectivity index (χ0n) is 19.9. The molecule has 6 nitrogen and oxygen atoms in total. The molecule has 2 heterocycles. The standard InChI is InChI=1S/C29H28N2O4/c1-3-19(2)28(34)26(32)14-21-10-7-11-23(12-21)25-17-31-29-24(25)13-22(16-30-29)15-27(33)35-18-20-8-5-4-6-9-20/h4-13,16-17,19H,3,14-15,18H2,1-2H3,(H,30,31). The van der Waals surface area contributed by atoms with Crippen LogP contribution in [-0.2, 0) is 38.6 Å². The smallest absolute Gasteiger partial charge is 0.310 e. The van der Waals surface area contributed by atoms with Crippen molar-refractivity contribution in [3.63, 3.8) is 0 Å². The molecule has 0 saturated heterocycles. The van der Waals surface area contributed by atoms with Crippen molar-refractivity contribution < 1.29 is 19.1 Å². The van der Waals surface area contributed by atoms with E-state index in [4.69, 9.17) is 4.74 Å². The monoisotopic (exact) mass is 468 g/mol. The minimum absolute atomic E-state index is 0.0795. The Labute approximate surface area is 204 Å². The van der Waals surface area contributed by atoms with Crippen LogP contribution in [0.1, 0.15) is 37.0 Å². The molecule has 35 heavy (non-hydrogen) atoms. The molecule has 0 saturated carbocycles. The van der Waals surface area contributed by atoms with Gasteiger partial charge >= 0.3 is 5.97 Å². The van der Waals surface area contributed by atoms with Crippen LogP contribution in [0.4, 0.5) is 0 Å². The number of benzene rings is 2. The number of Topliss-reactive ketones (excluding diaryl/α,β-unsaturated/α-hetero) is 2. The minimum Gasteiger partial charge on any atom is -0.461 e. The number of nitrogens with one attached hydrogen (secondary N) is 1. The Morgan fingerprint density at radius 3 is 2.49 bits per heavy atom. The Kier molecular flexibility index (Phi) is 7.51. The highest BCUT2D eigenvalue weighted by molar-refractivity contribution is 6.38. The number of aromatic amines is 1. The highest BCUT2D eigenvalue weighted by Gasteiger charge is 2.20. The predicted octanol–water partition coefficient (Wildman–Crippen LogP) is 5.24. The first-order chi connectivity index (χ1) is 16.9. The second kappa shape index (κ2) is 10.9. The molecule has 0 amide bonds. The van der Waals surface area contributed by atoms with E-state index in [0.717, 1.165) is 33.2 Å². The van der Waals surface area contributed by atoms with Gasteiger partial charge in [-0.1, -0.05) is 68.4 Å². The lowest BCUT2D eigenvalue weighted by Crippen LogP contribution is -2.22. The van der Waals surface area contributed by atoms with E-state index in [2.05, 4.69) is 9.97 Å². The molecule has 4 rings (SSSR count). The highest BCUT2D eigenvalue weighted by atomic mass is 16.5. The number of ketones is 2. The topological polar surface area (TPSA) is 89.1 Å². The van der Waals surface area contributed by atoms with Crippen LogP contribution in [0.25, 0.3) is 22.2 Å². The fourth-order valence-electron chi connectivity index (χ4n) is 3.92. The summed E-state index contributed by atoms with van der Waals surface area (Å²) < 4.78 is 5.40. The Hall–Kier alpha value is -4.06. The highest BCUT2D eigenvalue weighted by Crippen LogP contribution is 2.29. The second-order valence-electron chi connectivity index (χ2n) is 8.74. The quantitative estimate of drug-likeness (QED) is 0.254. The van der Waals surface area contributed by atoms with E-state index >= 15 is 0 Å². The maximum atomic E-state index is 12.4. The summed E-state index contributed by atoms with van der Waals surface area (Å²) in [5.74, 6) is -1.27. The third-order valence-electron chi connectivity index (χ3n) is 6.12. The Morgan fingerprint density at radius 1 is 0.943 bits per heavy atom. The number of pyridine rings is 1. The van der Waals surface area contributed by atoms with Crippen LogP contribution < -0.4 is 0 Å². The van der Waals surface area contributed by atoms with Crippen molar-refractivity contribution in [1.82, 2.24) is 9.97 Å². The number of carbonyl (C=O) groups excluding carboxylic acids is 3. The lowest BCUT2D eigenvalue weighted by atomic mass is 9.95. The van der Waals surface area contributed by atoms with E-state index in [9.17, 15) is 14.4 Å². The number of carbonyl (C=O) groups is 3. The number of nitrogens with zero attached hydrogens (tertiary/aromatic N) is 1. The number of esters is 1. The number of hydrogen-bond donors (Lipinski definition) is 1. The number of aromatic nitrogens is 2. The van der Waals surface area contributed by atoms with E-state index in [0.29, 0.717) is 12.1 Å². The van der Waals surface area contributed by atoms with Crippen molar-refractivity contribution in [2.24, 2.45) is 5.92 Å². The van der Waals surface area contributed by atoms with Gasteiger partial charge in [0.05, 0.1) is 6.42 Å². The molecule has 1 N–H and O–H groups in total. The molecule has 1 atom stereocenters. The summed E-state index contributed by atoms with van der Waals surface area (Å²) in [5, 5.41) is 0.873. The van der Waals surface area contributed by atoms with Crippen LogP contribution in [0.5, 0.6) is 0 Å². The first kappa shape index (κ1) is 24.1. The predicted molar refractivity (Wildman–Crippen MR) is 135 cm³/mol. The van der Waals surface area contributed by atoms with E-state index in [-0.39, 0.29) is 42.9 Å². The first-order valence-corrected chi connectivity index (χ1v) is 11.8. The van der Waals surface area contributed by atoms with Crippen molar-refractivity contribution in [3.8, 4) is 11.1 Å². The van der Waals surface area contributed by atoms with Crippen LogP contribution in [-0.4, -0.2) is 27.5 Å². The fourth-order valence-corrected chi connectivity index (χ4v) is 3.92. The molecule has 178 valence electrons. The average Bonchev–Trinajstić information content (AvgIpc) is 3.30. The number of hydrogen-bond acceptors (Lipinski definition) is 5. The summed E-state index contributed by atoms with van der Waals surface area (Å²) in [5.41, 5.74) is 4.99. The Bertz CT molecular complexity index is 1360. The third kappa shape index (κ3) is 5.90. The van der Waals surface area contributed by atoms with Gasteiger partial charge in [0.15, 0.2) is 0 Å². The molecule has 0 bridgehead atoms. The van der Waals surface area contributed by atoms with Gasteiger partial charge in [0.25, 0.3) is 0 Å². The van der Waals surface area contributed by atoms with Crippen molar-refractivity contribution in [1.29, 1.82) is 0 Å². The fraction of sp³-hybridized carbons (Fsp3) is 0.241. The molecule has 6 heteroatoms. The van der Waals surface area contributed by atoms with Crippen molar-refractivity contribution in [2.75, 3.05) is 0 Å². The van der Waals surface area contributed by atoms with Crippen molar-refractivity contribution >= 4 is 28.6 Å². The summed E-state index contributed by atoms with van der Waals surface area (Å²) in [7, 11) is 0. The average molecular weight is 469 g/mol. The molecule has 0 aliphatic heterocycles. The molecule has 0 aliphatic rings. The molecule has 0 fully saturated rings. The largest absolute Gasteiger partial charge is 0.461 e. The van der Waals surface area contributed by atoms with E-state index in [1.807, 2.05) is 73.8 Å². The first-order valence-electron chi connectivity index (χ1n) is 11.8. The lowest BCUT2D eigenvalue weighted by Gasteiger charge is -2.08. The molecule has 2 aromatic carbocycles. The Balaban J connectivity index is 1.50. The summed E-state index contributed by atoms with van der Waals surface area (Å²) in [6.45, 7) is 3.92. The normalized spacial score (nSPS) is 11.8. The maximum Gasteiger partial charge on any atom is 0.310 e. The lowest BCUT2D eigenvalue weighted by molar-refractivity contribution is -0.144. The van der Waals surface area contributed by atoms with E-state index in [1.54, 1.807) is 13.1 Å². The summed E-state index contributed by atoms with van der Waals surface area (Å²) in [6, 6.07) is 19.1. The van der Waals surface area contributed by atoms with Crippen LogP contribution in [0, 0.1) is 5.92 Å².